The summed E-state index contributed by atoms with van der Waals surface area (Å²) in [6.07, 6.45) is 1.48. The van der Waals surface area contributed by atoms with Gasteiger partial charge >= 0.3 is 0 Å². The topological polar surface area (TPSA) is 39.1 Å². The highest BCUT2D eigenvalue weighted by Gasteiger charge is 2.09. The van der Waals surface area contributed by atoms with Crippen LogP contribution in [0.15, 0.2) is 47.4 Å². The van der Waals surface area contributed by atoms with Crippen LogP contribution < -0.4 is 5.56 Å². The van der Waals surface area contributed by atoms with Crippen LogP contribution in [0.1, 0.15) is 35.7 Å². The molecule has 104 valence electrons. The van der Waals surface area contributed by atoms with Crippen molar-refractivity contribution in [2.75, 3.05) is 0 Å². The van der Waals surface area contributed by atoms with E-state index in [1.807, 2.05) is 12.1 Å². The lowest BCUT2D eigenvalue weighted by Gasteiger charge is -2.08. The second-order valence-electron chi connectivity index (χ2n) is 5.01. The van der Waals surface area contributed by atoms with Crippen molar-refractivity contribution in [1.82, 2.24) is 4.57 Å². The van der Waals surface area contributed by atoms with Gasteiger partial charge in [0.1, 0.15) is 0 Å². The molecule has 0 bridgehead atoms. The zero-order valence-corrected chi connectivity index (χ0v) is 12.2. The maximum Gasteiger partial charge on any atom is 0.251 e. The third kappa shape index (κ3) is 3.36. The molecule has 2 rings (SSSR count). The van der Waals surface area contributed by atoms with E-state index >= 15 is 0 Å². The molecule has 1 aromatic heterocycles. The first kappa shape index (κ1) is 14.5. The number of nitrogens with zero attached hydrogens (tertiary/aromatic N) is 1. The van der Waals surface area contributed by atoms with E-state index in [-0.39, 0.29) is 17.9 Å². The molecule has 20 heavy (non-hydrogen) atoms. The minimum Gasteiger partial charge on any atom is -0.306 e. The Morgan fingerprint density at radius 2 is 1.80 bits per heavy atom. The molecule has 0 fully saturated rings. The van der Waals surface area contributed by atoms with Gasteiger partial charge in [-0.3, -0.25) is 9.59 Å². The largest absolute Gasteiger partial charge is 0.306 e. The molecule has 3 nitrogen and oxygen atoms in total. The van der Waals surface area contributed by atoms with Gasteiger partial charge in [-0.15, -0.1) is 0 Å². The molecule has 0 aliphatic carbocycles. The number of aromatic nitrogens is 1. The summed E-state index contributed by atoms with van der Waals surface area (Å²) >= 11 is 5.83. The van der Waals surface area contributed by atoms with Crippen molar-refractivity contribution in [3.8, 4) is 0 Å². The van der Waals surface area contributed by atoms with E-state index < -0.39 is 0 Å². The number of carbonyl (C=O) groups is 1. The van der Waals surface area contributed by atoms with E-state index in [2.05, 4.69) is 13.8 Å². The molecular weight excluding hydrogens is 274 g/mol. The zero-order valence-electron chi connectivity index (χ0n) is 11.5. The molecule has 0 radical (unpaired) electrons. The van der Waals surface area contributed by atoms with E-state index in [0.29, 0.717) is 16.5 Å². The summed E-state index contributed by atoms with van der Waals surface area (Å²) in [5.74, 6) is 0.319. The molecular formula is C16H16ClNO2. The van der Waals surface area contributed by atoms with Gasteiger partial charge < -0.3 is 4.57 Å². The number of ketones is 1. The average Bonchev–Trinajstić information content (AvgIpc) is 2.43. The summed E-state index contributed by atoms with van der Waals surface area (Å²) in [6, 6.07) is 10.4. The highest BCUT2D eigenvalue weighted by Crippen LogP contribution is 2.15. The number of hydrogen-bond donors (Lipinski definition) is 0. The lowest BCUT2D eigenvalue weighted by Crippen LogP contribution is -2.22. The Morgan fingerprint density at radius 3 is 2.40 bits per heavy atom. The van der Waals surface area contributed by atoms with Crippen molar-refractivity contribution >= 4 is 17.4 Å². The molecule has 2 aromatic rings. The second kappa shape index (κ2) is 6.06. The van der Waals surface area contributed by atoms with Crippen LogP contribution in [-0.2, 0) is 6.54 Å². The predicted octanol–water partition coefficient (Wildman–Crippen LogP) is 3.51. The summed E-state index contributed by atoms with van der Waals surface area (Å²) in [7, 11) is 0. The van der Waals surface area contributed by atoms with Gasteiger partial charge in [0, 0.05) is 17.8 Å². The van der Waals surface area contributed by atoms with Gasteiger partial charge in [-0.25, -0.2) is 0 Å². The molecule has 0 atom stereocenters. The van der Waals surface area contributed by atoms with Crippen molar-refractivity contribution < 1.29 is 4.79 Å². The van der Waals surface area contributed by atoms with Gasteiger partial charge in [-0.1, -0.05) is 49.7 Å². The number of pyridine rings is 1. The molecule has 4 heteroatoms. The summed E-state index contributed by atoms with van der Waals surface area (Å²) in [5.41, 5.74) is 1.55. The first-order chi connectivity index (χ1) is 9.47. The minimum absolute atomic E-state index is 0.000415. The van der Waals surface area contributed by atoms with Crippen LogP contribution in [-0.4, -0.2) is 10.4 Å². The molecule has 0 amide bonds. The molecule has 0 spiro atoms. The summed E-state index contributed by atoms with van der Waals surface area (Å²) in [5, 5.41) is 0.438. The van der Waals surface area contributed by atoms with Crippen LogP contribution in [0.2, 0.25) is 5.02 Å². The Bertz CT molecular complexity index is 672. The molecule has 0 N–H and O–H groups in total. The maximum atomic E-state index is 12.2. The van der Waals surface area contributed by atoms with E-state index in [1.54, 1.807) is 12.1 Å². The maximum absolute atomic E-state index is 12.2. The normalized spacial score (nSPS) is 10.8. The van der Waals surface area contributed by atoms with Crippen LogP contribution in [0.3, 0.4) is 0 Å². The van der Waals surface area contributed by atoms with Crippen molar-refractivity contribution in [3.63, 3.8) is 0 Å². The smallest absolute Gasteiger partial charge is 0.251 e. The quantitative estimate of drug-likeness (QED) is 0.808. The molecule has 0 aliphatic heterocycles. The third-order valence-corrected chi connectivity index (χ3v) is 3.38. The predicted molar refractivity (Wildman–Crippen MR) is 80.6 cm³/mol. The van der Waals surface area contributed by atoms with Gasteiger partial charge in [0.05, 0.1) is 11.6 Å². The van der Waals surface area contributed by atoms with Crippen LogP contribution in [0.5, 0.6) is 0 Å². The number of carbonyl (C=O) groups excluding carboxylic acids is 1. The Balaban J connectivity index is 2.19. The third-order valence-electron chi connectivity index (χ3n) is 3.16. The molecule has 1 aromatic carbocycles. The summed E-state index contributed by atoms with van der Waals surface area (Å²) in [4.78, 5) is 23.8. The van der Waals surface area contributed by atoms with Crippen LogP contribution in [0, 0.1) is 0 Å². The number of Topliss-reactive ketones (excluding diaryl/α,β-unsaturated/α-hetero) is 1. The Kier molecular flexibility index (Phi) is 4.40. The highest BCUT2D eigenvalue weighted by atomic mass is 35.5. The van der Waals surface area contributed by atoms with Gasteiger partial charge in [-0.05, 0) is 17.5 Å². The van der Waals surface area contributed by atoms with E-state index in [0.717, 1.165) is 0 Å². The average molecular weight is 290 g/mol. The fraction of sp³-hybridized carbons (Fsp3) is 0.250. The fourth-order valence-electron chi connectivity index (χ4n) is 1.93. The number of halogens is 1. The molecule has 0 saturated carbocycles. The van der Waals surface area contributed by atoms with Gasteiger partial charge in [0.2, 0.25) is 0 Å². The number of hydrogen-bond acceptors (Lipinski definition) is 2. The van der Waals surface area contributed by atoms with E-state index in [9.17, 15) is 9.59 Å². The van der Waals surface area contributed by atoms with Crippen LogP contribution in [0.25, 0.3) is 0 Å². The number of benzene rings is 1. The van der Waals surface area contributed by atoms with Gasteiger partial charge in [-0.2, -0.15) is 0 Å². The van der Waals surface area contributed by atoms with Crippen molar-refractivity contribution in [2.24, 2.45) is 0 Å². The lowest BCUT2D eigenvalue weighted by molar-refractivity contribution is 0.0971. The lowest BCUT2D eigenvalue weighted by atomic mass is 10.0. The highest BCUT2D eigenvalue weighted by molar-refractivity contribution is 6.30. The molecule has 1 heterocycles. The first-order valence-corrected chi connectivity index (χ1v) is 6.84. The first-order valence-electron chi connectivity index (χ1n) is 6.46. The van der Waals surface area contributed by atoms with Gasteiger partial charge in [0.15, 0.2) is 5.78 Å². The fourth-order valence-corrected chi connectivity index (χ4v) is 2.11. The zero-order chi connectivity index (χ0) is 14.7. The second-order valence-corrected chi connectivity index (χ2v) is 5.45. The van der Waals surface area contributed by atoms with Crippen molar-refractivity contribution in [3.05, 3.63) is 69.1 Å². The Morgan fingerprint density at radius 1 is 1.15 bits per heavy atom. The molecule has 0 aliphatic rings. The SMILES string of the molecule is CC(C)c1ccc(C(=O)Cn2cc(Cl)ccc2=O)cc1. The van der Waals surface area contributed by atoms with E-state index in [1.165, 1.54) is 28.5 Å². The Labute approximate surface area is 122 Å². The van der Waals surface area contributed by atoms with Gasteiger partial charge in [0.25, 0.3) is 5.56 Å². The Hall–Kier alpha value is -1.87. The minimum atomic E-state index is -0.235. The van der Waals surface area contributed by atoms with Crippen LogP contribution >= 0.6 is 11.6 Å². The van der Waals surface area contributed by atoms with Crippen molar-refractivity contribution in [2.45, 2.75) is 26.3 Å². The summed E-state index contributed by atoms with van der Waals surface area (Å²) in [6.45, 7) is 4.20. The molecule has 0 saturated heterocycles. The number of rotatable bonds is 4. The summed E-state index contributed by atoms with van der Waals surface area (Å²) < 4.78 is 1.32. The van der Waals surface area contributed by atoms with E-state index in [4.69, 9.17) is 11.6 Å². The van der Waals surface area contributed by atoms with Crippen molar-refractivity contribution in [1.29, 1.82) is 0 Å². The molecule has 0 unspecified atom stereocenters. The monoisotopic (exact) mass is 289 g/mol. The standard InChI is InChI=1S/C16H16ClNO2/c1-11(2)12-3-5-13(6-4-12)15(19)10-18-9-14(17)7-8-16(18)20/h3-9,11H,10H2,1-2H3. The van der Waals surface area contributed by atoms with Crippen LogP contribution in [0.4, 0.5) is 0 Å².